The van der Waals surface area contributed by atoms with Gasteiger partial charge in [0.15, 0.2) is 0 Å². The largest absolute Gasteiger partial charge is 0.465 e. The number of anilines is 2. The number of aromatic nitrogens is 2. The van der Waals surface area contributed by atoms with Crippen molar-refractivity contribution < 1.29 is 9.90 Å². The summed E-state index contributed by atoms with van der Waals surface area (Å²) in [6.45, 7) is 6.35. The molecule has 7 heteroatoms. The van der Waals surface area contributed by atoms with Crippen molar-refractivity contribution in [1.82, 2.24) is 14.9 Å². The van der Waals surface area contributed by atoms with Crippen molar-refractivity contribution in [2.75, 3.05) is 23.7 Å². The van der Waals surface area contributed by atoms with Gasteiger partial charge in [0.2, 0.25) is 5.95 Å². The number of piperidine rings is 1. The first-order chi connectivity index (χ1) is 11.9. The highest BCUT2D eigenvalue weighted by molar-refractivity contribution is 5.82. The average molecular weight is 343 g/mol. The number of nitrogens with zero attached hydrogens (tertiary/aromatic N) is 3. The normalized spacial score (nSPS) is 17.5. The van der Waals surface area contributed by atoms with Crippen molar-refractivity contribution in [1.29, 1.82) is 0 Å². The van der Waals surface area contributed by atoms with E-state index in [1.54, 1.807) is 0 Å². The maximum absolute atomic E-state index is 11.0. The molecule has 1 fully saturated rings. The fourth-order valence-corrected chi connectivity index (χ4v) is 3.27. The minimum Gasteiger partial charge on any atom is -0.465 e. The molecule has 4 N–H and O–H groups in total. The monoisotopic (exact) mass is 343 g/mol. The quantitative estimate of drug-likeness (QED) is 0.586. The van der Waals surface area contributed by atoms with Crippen LogP contribution in [-0.4, -0.2) is 39.9 Å². The number of carboxylic acid groups (broad SMARTS) is 1. The fraction of sp³-hybridized carbons (Fsp3) is 0.444. The molecular formula is C18H25N5O2. The van der Waals surface area contributed by atoms with Crippen molar-refractivity contribution >= 4 is 28.8 Å². The van der Waals surface area contributed by atoms with Crippen LogP contribution in [0.3, 0.4) is 0 Å². The molecule has 134 valence electrons. The lowest BCUT2D eigenvalue weighted by molar-refractivity contribution is 0.188. The Balaban J connectivity index is 1.97. The number of rotatable bonds is 4. The molecule has 7 nitrogen and oxygen atoms in total. The number of carbonyl (C=O) groups is 1. The van der Waals surface area contributed by atoms with Gasteiger partial charge in [0, 0.05) is 31.4 Å². The van der Waals surface area contributed by atoms with E-state index in [1.807, 2.05) is 18.2 Å². The van der Waals surface area contributed by atoms with Crippen molar-refractivity contribution in [2.24, 2.45) is 0 Å². The molecule has 0 radical (unpaired) electrons. The zero-order chi connectivity index (χ0) is 18.0. The molecule has 1 aliphatic heterocycles. The lowest BCUT2D eigenvalue weighted by atomic mass is 10.1. The third kappa shape index (κ3) is 3.87. The van der Waals surface area contributed by atoms with Gasteiger partial charge in [0.25, 0.3) is 0 Å². The Labute approximate surface area is 147 Å². The van der Waals surface area contributed by atoms with Gasteiger partial charge in [-0.1, -0.05) is 11.6 Å². The number of fused-ring (bicyclic) bond motifs is 1. The van der Waals surface area contributed by atoms with E-state index in [2.05, 4.69) is 34.7 Å². The van der Waals surface area contributed by atoms with E-state index in [0.29, 0.717) is 18.8 Å². The second-order valence-corrected chi connectivity index (χ2v) is 6.79. The second kappa shape index (κ2) is 7.04. The third-order valence-corrected chi connectivity index (χ3v) is 4.47. The molecule has 0 bridgehead atoms. The molecule has 1 atom stereocenters. The molecule has 0 unspecified atom stereocenters. The average Bonchev–Trinajstić information content (AvgIpc) is 2.90. The van der Waals surface area contributed by atoms with E-state index in [-0.39, 0.29) is 6.04 Å². The fourth-order valence-electron chi connectivity index (χ4n) is 3.27. The number of nitrogens with two attached hydrogens (primary N) is 1. The van der Waals surface area contributed by atoms with E-state index in [9.17, 15) is 4.79 Å². The molecule has 0 spiro atoms. The number of imidazole rings is 1. The standard InChI is InChI=1S/C18H25N5O2/c1-12(2)7-9-23-16-10-13(19)5-6-15(16)21-17(23)22-8-3-4-14(11-22)20-18(24)25/h5-7,10,14,20H,3-4,8-9,11,19H2,1-2H3,(H,24,25)/t14-/m1/s1. The van der Waals surface area contributed by atoms with Crippen molar-refractivity contribution in [2.45, 2.75) is 39.3 Å². The van der Waals surface area contributed by atoms with E-state index in [4.69, 9.17) is 15.8 Å². The van der Waals surface area contributed by atoms with Gasteiger partial charge in [0.05, 0.1) is 11.0 Å². The number of hydrogen-bond acceptors (Lipinski definition) is 4. The summed E-state index contributed by atoms with van der Waals surface area (Å²) in [4.78, 5) is 17.9. The maximum atomic E-state index is 11.0. The van der Waals surface area contributed by atoms with Crippen LogP contribution in [0.1, 0.15) is 26.7 Å². The number of nitrogen functional groups attached to an aromatic ring is 1. The first-order valence-electron chi connectivity index (χ1n) is 8.57. The second-order valence-electron chi connectivity index (χ2n) is 6.79. The van der Waals surface area contributed by atoms with Crippen LogP contribution in [0, 0.1) is 0 Å². The highest BCUT2D eigenvalue weighted by Gasteiger charge is 2.25. The first-order valence-corrected chi connectivity index (χ1v) is 8.57. The SMILES string of the molecule is CC(C)=CCn1c(N2CCC[C@@H](NC(=O)O)C2)nc2ccc(N)cc21. The van der Waals surface area contributed by atoms with Gasteiger partial charge in [-0.2, -0.15) is 0 Å². The summed E-state index contributed by atoms with van der Waals surface area (Å²) in [6, 6.07) is 5.66. The summed E-state index contributed by atoms with van der Waals surface area (Å²) >= 11 is 0. The van der Waals surface area contributed by atoms with E-state index < -0.39 is 6.09 Å². The minimum absolute atomic E-state index is 0.0759. The number of hydrogen-bond donors (Lipinski definition) is 3. The molecule has 0 aliphatic carbocycles. The van der Waals surface area contributed by atoms with Crippen LogP contribution in [0.15, 0.2) is 29.8 Å². The van der Waals surface area contributed by atoms with Crippen LogP contribution >= 0.6 is 0 Å². The zero-order valence-electron chi connectivity index (χ0n) is 14.7. The van der Waals surface area contributed by atoms with Crippen LogP contribution in [0.25, 0.3) is 11.0 Å². The number of nitrogens with one attached hydrogen (secondary N) is 1. The molecule has 2 heterocycles. The van der Waals surface area contributed by atoms with Crippen molar-refractivity contribution in [3.05, 3.63) is 29.8 Å². The predicted octanol–water partition coefficient (Wildman–Crippen LogP) is 2.82. The zero-order valence-corrected chi connectivity index (χ0v) is 14.7. The number of amides is 1. The Kier molecular flexibility index (Phi) is 4.83. The van der Waals surface area contributed by atoms with E-state index in [1.165, 1.54) is 5.57 Å². The smallest absolute Gasteiger partial charge is 0.404 e. The summed E-state index contributed by atoms with van der Waals surface area (Å²) < 4.78 is 2.15. The summed E-state index contributed by atoms with van der Waals surface area (Å²) in [6.07, 6.45) is 2.96. The van der Waals surface area contributed by atoms with Gasteiger partial charge in [0.1, 0.15) is 0 Å². The van der Waals surface area contributed by atoms with Gasteiger partial charge in [-0.3, -0.25) is 0 Å². The van der Waals surface area contributed by atoms with Gasteiger partial charge in [-0.05, 0) is 44.9 Å². The lowest BCUT2D eigenvalue weighted by Crippen LogP contribution is -2.48. The molecule has 2 aromatic rings. The van der Waals surface area contributed by atoms with Crippen LogP contribution in [0.2, 0.25) is 0 Å². The topological polar surface area (TPSA) is 96.4 Å². The van der Waals surface area contributed by atoms with Crippen LogP contribution < -0.4 is 16.0 Å². The van der Waals surface area contributed by atoms with Crippen LogP contribution in [-0.2, 0) is 6.54 Å². The molecule has 3 rings (SSSR count). The number of benzene rings is 1. The van der Waals surface area contributed by atoms with Gasteiger partial charge >= 0.3 is 6.09 Å². The molecule has 1 aliphatic rings. The Morgan fingerprint density at radius 1 is 1.48 bits per heavy atom. The highest BCUT2D eigenvalue weighted by atomic mass is 16.4. The Morgan fingerprint density at radius 2 is 2.28 bits per heavy atom. The molecular weight excluding hydrogens is 318 g/mol. The Morgan fingerprint density at radius 3 is 3.00 bits per heavy atom. The molecule has 1 aromatic heterocycles. The predicted molar refractivity (Wildman–Crippen MR) is 100.0 cm³/mol. The Bertz CT molecular complexity index is 807. The summed E-state index contributed by atoms with van der Waals surface area (Å²) in [5.74, 6) is 0.870. The molecule has 1 aromatic carbocycles. The minimum atomic E-state index is -0.974. The molecule has 0 saturated carbocycles. The van der Waals surface area contributed by atoms with Gasteiger partial charge in [-0.25, -0.2) is 9.78 Å². The maximum Gasteiger partial charge on any atom is 0.404 e. The highest BCUT2D eigenvalue weighted by Crippen LogP contribution is 2.27. The lowest BCUT2D eigenvalue weighted by Gasteiger charge is -2.33. The van der Waals surface area contributed by atoms with Crippen molar-refractivity contribution in [3.8, 4) is 0 Å². The number of allylic oxidation sites excluding steroid dienone is 2. The van der Waals surface area contributed by atoms with Crippen molar-refractivity contribution in [3.63, 3.8) is 0 Å². The summed E-state index contributed by atoms with van der Waals surface area (Å²) in [5, 5.41) is 11.6. The summed E-state index contributed by atoms with van der Waals surface area (Å²) in [7, 11) is 0. The molecule has 1 amide bonds. The molecule has 25 heavy (non-hydrogen) atoms. The third-order valence-electron chi connectivity index (χ3n) is 4.47. The van der Waals surface area contributed by atoms with Crippen LogP contribution in [0.5, 0.6) is 0 Å². The van der Waals surface area contributed by atoms with Gasteiger partial charge in [-0.15, -0.1) is 0 Å². The van der Waals surface area contributed by atoms with E-state index in [0.717, 1.165) is 36.4 Å². The summed E-state index contributed by atoms with van der Waals surface area (Å²) in [5.41, 5.74) is 9.82. The first kappa shape index (κ1) is 17.1. The Hall–Kier alpha value is -2.70. The molecule has 1 saturated heterocycles. The van der Waals surface area contributed by atoms with Crippen LogP contribution in [0.4, 0.5) is 16.4 Å². The van der Waals surface area contributed by atoms with Gasteiger partial charge < -0.3 is 25.6 Å². The van der Waals surface area contributed by atoms with E-state index >= 15 is 0 Å².